The van der Waals surface area contributed by atoms with Gasteiger partial charge in [0, 0.05) is 6.04 Å². The lowest BCUT2D eigenvalue weighted by molar-refractivity contribution is 0.0601. The van der Waals surface area contributed by atoms with Gasteiger partial charge in [-0.05, 0) is 41.8 Å². The SMILES string of the molecule is COC(=O)c1ccc2c(=O)[nH]c(CN[C@H](c3ccc(OC)cc3)C(C)C)nc2c1. The summed E-state index contributed by atoms with van der Waals surface area (Å²) in [4.78, 5) is 31.5. The van der Waals surface area contributed by atoms with Crippen LogP contribution in [-0.2, 0) is 11.3 Å². The molecule has 0 saturated heterocycles. The minimum atomic E-state index is -0.465. The highest BCUT2D eigenvalue weighted by Gasteiger charge is 2.16. The molecule has 0 unspecified atom stereocenters. The Morgan fingerprint density at radius 3 is 2.48 bits per heavy atom. The van der Waals surface area contributed by atoms with E-state index < -0.39 is 5.97 Å². The van der Waals surface area contributed by atoms with E-state index in [0.29, 0.717) is 34.8 Å². The first-order valence-corrected chi connectivity index (χ1v) is 9.41. The summed E-state index contributed by atoms with van der Waals surface area (Å²) in [6.07, 6.45) is 0. The third kappa shape index (κ3) is 4.63. The summed E-state index contributed by atoms with van der Waals surface area (Å²) in [6.45, 7) is 4.63. The van der Waals surface area contributed by atoms with E-state index in [-0.39, 0.29) is 11.6 Å². The fourth-order valence-corrected chi connectivity index (χ4v) is 3.27. The Hall–Kier alpha value is -3.19. The number of nitrogens with zero attached hydrogens (tertiary/aromatic N) is 1. The van der Waals surface area contributed by atoms with Crippen molar-refractivity contribution in [3.05, 3.63) is 69.8 Å². The molecule has 0 aliphatic rings. The highest BCUT2D eigenvalue weighted by atomic mass is 16.5. The first-order chi connectivity index (χ1) is 13.9. The monoisotopic (exact) mass is 395 g/mol. The van der Waals surface area contributed by atoms with E-state index in [9.17, 15) is 9.59 Å². The van der Waals surface area contributed by atoms with Crippen LogP contribution in [0.15, 0.2) is 47.3 Å². The molecule has 2 N–H and O–H groups in total. The number of carbonyl (C=O) groups excluding carboxylic acids is 1. The Bertz CT molecular complexity index is 1060. The molecule has 0 bridgehead atoms. The highest BCUT2D eigenvalue weighted by Crippen LogP contribution is 2.24. The largest absolute Gasteiger partial charge is 0.497 e. The third-order valence-electron chi connectivity index (χ3n) is 4.81. The van der Waals surface area contributed by atoms with Gasteiger partial charge in [0.2, 0.25) is 0 Å². The maximum Gasteiger partial charge on any atom is 0.337 e. The van der Waals surface area contributed by atoms with E-state index in [2.05, 4.69) is 29.1 Å². The highest BCUT2D eigenvalue weighted by molar-refractivity contribution is 5.93. The Labute approximate surface area is 169 Å². The number of carbonyl (C=O) groups is 1. The lowest BCUT2D eigenvalue weighted by atomic mass is 9.96. The van der Waals surface area contributed by atoms with E-state index >= 15 is 0 Å². The summed E-state index contributed by atoms with van der Waals surface area (Å²) in [5.41, 5.74) is 1.69. The van der Waals surface area contributed by atoms with Crippen LogP contribution in [0.3, 0.4) is 0 Å². The molecular weight excluding hydrogens is 370 g/mol. The molecule has 0 fully saturated rings. The molecule has 1 aromatic heterocycles. The van der Waals surface area contributed by atoms with Crippen LogP contribution in [0.5, 0.6) is 5.75 Å². The predicted molar refractivity (Wildman–Crippen MR) is 111 cm³/mol. The van der Waals surface area contributed by atoms with Gasteiger partial charge >= 0.3 is 5.97 Å². The van der Waals surface area contributed by atoms with Gasteiger partial charge in [-0.25, -0.2) is 9.78 Å². The lowest BCUT2D eigenvalue weighted by Gasteiger charge is -2.23. The second-order valence-corrected chi connectivity index (χ2v) is 7.11. The molecule has 3 aromatic rings. The molecule has 0 saturated carbocycles. The van der Waals surface area contributed by atoms with Crippen molar-refractivity contribution in [2.45, 2.75) is 26.4 Å². The van der Waals surface area contributed by atoms with Gasteiger partial charge in [-0.1, -0.05) is 26.0 Å². The first kappa shape index (κ1) is 20.5. The summed E-state index contributed by atoms with van der Waals surface area (Å²) >= 11 is 0. The minimum Gasteiger partial charge on any atom is -0.497 e. The molecule has 7 heteroatoms. The van der Waals surface area contributed by atoms with Crippen LogP contribution in [0.4, 0.5) is 0 Å². The smallest absolute Gasteiger partial charge is 0.337 e. The number of methoxy groups -OCH3 is 2. The predicted octanol–water partition coefficient (Wildman–Crippen LogP) is 3.21. The number of aromatic nitrogens is 2. The molecule has 0 aliphatic carbocycles. The Kier molecular flexibility index (Phi) is 6.29. The number of hydrogen-bond donors (Lipinski definition) is 2. The Morgan fingerprint density at radius 1 is 1.14 bits per heavy atom. The van der Waals surface area contributed by atoms with Crippen LogP contribution in [0.2, 0.25) is 0 Å². The first-order valence-electron chi connectivity index (χ1n) is 9.41. The zero-order valence-electron chi connectivity index (χ0n) is 17.0. The number of aromatic amines is 1. The van der Waals surface area contributed by atoms with Crippen LogP contribution in [0, 0.1) is 5.92 Å². The van der Waals surface area contributed by atoms with Crippen LogP contribution >= 0.6 is 0 Å². The maximum atomic E-state index is 12.4. The van der Waals surface area contributed by atoms with Crippen molar-refractivity contribution in [1.82, 2.24) is 15.3 Å². The van der Waals surface area contributed by atoms with Gasteiger partial charge in [-0.15, -0.1) is 0 Å². The van der Waals surface area contributed by atoms with Crippen LogP contribution in [0.25, 0.3) is 10.9 Å². The summed E-state index contributed by atoms with van der Waals surface area (Å²) in [5.74, 6) is 1.16. The van der Waals surface area contributed by atoms with Crippen LogP contribution < -0.4 is 15.6 Å². The van der Waals surface area contributed by atoms with Crippen molar-refractivity contribution in [2.75, 3.05) is 14.2 Å². The van der Waals surface area contributed by atoms with E-state index in [1.807, 2.05) is 24.3 Å². The second-order valence-electron chi connectivity index (χ2n) is 7.11. The van der Waals surface area contributed by atoms with E-state index in [4.69, 9.17) is 9.47 Å². The zero-order valence-corrected chi connectivity index (χ0v) is 17.0. The molecule has 1 heterocycles. The van der Waals surface area contributed by atoms with Crippen LogP contribution in [0.1, 0.15) is 41.6 Å². The van der Waals surface area contributed by atoms with Crippen molar-refractivity contribution >= 4 is 16.9 Å². The van der Waals surface area contributed by atoms with Crippen molar-refractivity contribution < 1.29 is 14.3 Å². The fraction of sp³-hybridized carbons (Fsp3) is 0.318. The van der Waals surface area contributed by atoms with Gasteiger partial charge < -0.3 is 19.8 Å². The van der Waals surface area contributed by atoms with Crippen molar-refractivity contribution in [3.63, 3.8) is 0 Å². The Balaban J connectivity index is 1.85. The fourth-order valence-electron chi connectivity index (χ4n) is 3.27. The number of hydrogen-bond acceptors (Lipinski definition) is 6. The number of rotatable bonds is 7. The van der Waals surface area contributed by atoms with Crippen molar-refractivity contribution in [3.8, 4) is 5.75 Å². The summed E-state index contributed by atoms with van der Waals surface area (Å²) in [7, 11) is 2.96. The molecule has 2 aromatic carbocycles. The molecule has 152 valence electrons. The van der Waals surface area contributed by atoms with Gasteiger partial charge in [0.15, 0.2) is 0 Å². The molecule has 29 heavy (non-hydrogen) atoms. The molecular formula is C22H25N3O4. The minimum absolute atomic E-state index is 0.0725. The van der Waals surface area contributed by atoms with Gasteiger partial charge in [0.25, 0.3) is 5.56 Å². The molecule has 0 aliphatic heterocycles. The molecule has 0 amide bonds. The van der Waals surface area contributed by atoms with E-state index in [1.165, 1.54) is 7.11 Å². The van der Waals surface area contributed by atoms with Crippen LogP contribution in [-0.4, -0.2) is 30.2 Å². The Morgan fingerprint density at radius 2 is 1.86 bits per heavy atom. The summed E-state index contributed by atoms with van der Waals surface area (Å²) in [6, 6.07) is 12.7. The standard InChI is InChI=1S/C22H25N3O4/c1-13(2)20(14-5-8-16(28-3)9-6-14)23-12-19-24-18-11-15(22(27)29-4)7-10-17(18)21(26)25-19/h5-11,13,20,23H,12H2,1-4H3,(H,24,25,26)/t20-/m0/s1. The lowest BCUT2D eigenvalue weighted by Crippen LogP contribution is -2.27. The third-order valence-corrected chi connectivity index (χ3v) is 4.81. The van der Waals surface area contributed by atoms with Gasteiger partial charge in [-0.2, -0.15) is 0 Å². The van der Waals surface area contributed by atoms with E-state index in [1.54, 1.807) is 25.3 Å². The zero-order chi connectivity index (χ0) is 21.0. The molecule has 3 rings (SSSR count). The summed E-state index contributed by atoms with van der Waals surface area (Å²) in [5, 5.41) is 3.89. The normalized spacial score (nSPS) is 12.2. The molecule has 0 spiro atoms. The number of H-pyrrole nitrogens is 1. The van der Waals surface area contributed by atoms with Crippen molar-refractivity contribution in [1.29, 1.82) is 0 Å². The topological polar surface area (TPSA) is 93.3 Å². The number of benzene rings is 2. The van der Waals surface area contributed by atoms with Gasteiger partial charge in [0.1, 0.15) is 11.6 Å². The number of fused-ring (bicyclic) bond motifs is 1. The molecule has 0 radical (unpaired) electrons. The van der Waals surface area contributed by atoms with Gasteiger partial charge in [-0.3, -0.25) is 4.79 Å². The average Bonchev–Trinajstić information content (AvgIpc) is 2.73. The van der Waals surface area contributed by atoms with Crippen molar-refractivity contribution in [2.24, 2.45) is 5.92 Å². The number of nitrogens with one attached hydrogen (secondary N) is 2. The van der Waals surface area contributed by atoms with Gasteiger partial charge in [0.05, 0.1) is 37.2 Å². The second kappa shape index (κ2) is 8.87. The average molecular weight is 395 g/mol. The summed E-state index contributed by atoms with van der Waals surface area (Å²) < 4.78 is 9.97. The molecule has 7 nitrogen and oxygen atoms in total. The maximum absolute atomic E-state index is 12.4. The van der Waals surface area contributed by atoms with E-state index in [0.717, 1.165) is 11.3 Å². The number of esters is 1. The number of ether oxygens (including phenoxy) is 2. The molecule has 1 atom stereocenters. The quantitative estimate of drug-likeness (QED) is 0.597.